The Morgan fingerprint density at radius 2 is 1.68 bits per heavy atom. The lowest BCUT2D eigenvalue weighted by Gasteiger charge is -2.12. The van der Waals surface area contributed by atoms with Crippen molar-refractivity contribution >= 4 is 28.5 Å². The van der Waals surface area contributed by atoms with Crippen molar-refractivity contribution in [2.45, 2.75) is 20.8 Å². The average Bonchev–Trinajstić information content (AvgIpc) is 2.67. The number of carbonyl (C=O) groups excluding carboxylic acids is 2. The Hall–Kier alpha value is -3.52. The molecule has 1 aromatic heterocycles. The number of hydroxylamine groups is 1. The summed E-state index contributed by atoms with van der Waals surface area (Å²) < 4.78 is 1.40. The van der Waals surface area contributed by atoms with Crippen LogP contribution in [0.5, 0.6) is 0 Å². The fourth-order valence-corrected chi connectivity index (χ4v) is 2.87. The highest BCUT2D eigenvalue weighted by Gasteiger charge is 2.18. The quantitative estimate of drug-likeness (QED) is 0.476. The Bertz CT molecular complexity index is 1180. The molecular weight excluding hydrogens is 360 g/mol. The van der Waals surface area contributed by atoms with Crippen LogP contribution in [-0.4, -0.2) is 26.6 Å². The number of aromatic nitrogens is 2. The Labute approximate surface area is 160 Å². The predicted octanol–water partition coefficient (Wildman–Crippen LogP) is 2.23. The number of hydrogen-bond acceptors (Lipinski definition) is 5. The second-order valence-electron chi connectivity index (χ2n) is 6.67. The van der Waals surface area contributed by atoms with Crippen LogP contribution in [0.1, 0.15) is 37.5 Å². The highest BCUT2D eigenvalue weighted by molar-refractivity contribution is 6.05. The maximum Gasteiger partial charge on any atom is 0.282 e. The molecule has 1 heterocycles. The molecule has 0 aliphatic carbocycles. The summed E-state index contributed by atoms with van der Waals surface area (Å²) in [6.07, 6.45) is 0. The normalized spacial score (nSPS) is 10.8. The minimum atomic E-state index is -0.707. The standard InChI is InChI=1S/C20H20N4O4/c1-10-5-6-13(18(25)23-28)9-14(10)22-19(26)17-20(27)24(4)16-8-12(3)11(2)7-15(16)21-17/h5-9,28H,1-4H3,(H,22,26)(H,23,25). The molecule has 3 rings (SSSR count). The first kappa shape index (κ1) is 19.2. The molecule has 8 heteroatoms. The maximum atomic E-state index is 12.7. The number of aryl methyl sites for hydroxylation is 4. The molecule has 0 atom stereocenters. The van der Waals surface area contributed by atoms with E-state index < -0.39 is 17.4 Å². The lowest BCUT2D eigenvalue weighted by atomic mass is 10.1. The zero-order chi connectivity index (χ0) is 20.6. The van der Waals surface area contributed by atoms with Gasteiger partial charge in [0, 0.05) is 18.3 Å². The Kier molecular flexibility index (Phi) is 4.98. The van der Waals surface area contributed by atoms with Crippen molar-refractivity contribution in [2.24, 2.45) is 7.05 Å². The summed E-state index contributed by atoms with van der Waals surface area (Å²) in [6, 6.07) is 8.24. The monoisotopic (exact) mass is 380 g/mol. The van der Waals surface area contributed by atoms with E-state index in [0.717, 1.165) is 11.1 Å². The van der Waals surface area contributed by atoms with Gasteiger partial charge < -0.3 is 9.88 Å². The largest absolute Gasteiger partial charge is 0.320 e. The zero-order valence-corrected chi connectivity index (χ0v) is 16.0. The molecule has 0 aliphatic rings. The van der Waals surface area contributed by atoms with Crippen LogP contribution in [-0.2, 0) is 7.05 Å². The van der Waals surface area contributed by atoms with E-state index in [-0.39, 0.29) is 11.3 Å². The summed E-state index contributed by atoms with van der Waals surface area (Å²) in [5, 5.41) is 11.4. The fraction of sp³-hybridized carbons (Fsp3) is 0.200. The number of carbonyl (C=O) groups is 2. The van der Waals surface area contributed by atoms with Gasteiger partial charge in [0.15, 0.2) is 5.69 Å². The van der Waals surface area contributed by atoms with E-state index in [2.05, 4.69) is 10.3 Å². The SMILES string of the molecule is Cc1cc2nc(C(=O)Nc3cc(C(=O)NO)ccc3C)c(=O)n(C)c2cc1C. The van der Waals surface area contributed by atoms with Crippen LogP contribution in [0.2, 0.25) is 0 Å². The van der Waals surface area contributed by atoms with Crippen LogP contribution in [0, 0.1) is 20.8 Å². The average molecular weight is 380 g/mol. The van der Waals surface area contributed by atoms with Crippen LogP contribution in [0.3, 0.4) is 0 Å². The van der Waals surface area contributed by atoms with Crippen molar-refractivity contribution in [2.75, 3.05) is 5.32 Å². The molecule has 0 spiro atoms. The molecule has 2 amide bonds. The second-order valence-corrected chi connectivity index (χ2v) is 6.67. The minimum absolute atomic E-state index is 0.161. The highest BCUT2D eigenvalue weighted by atomic mass is 16.5. The van der Waals surface area contributed by atoms with E-state index in [9.17, 15) is 14.4 Å². The van der Waals surface area contributed by atoms with Gasteiger partial charge >= 0.3 is 0 Å². The Morgan fingerprint density at radius 1 is 1.00 bits per heavy atom. The smallest absolute Gasteiger partial charge is 0.282 e. The van der Waals surface area contributed by atoms with Crippen molar-refractivity contribution in [1.82, 2.24) is 15.0 Å². The van der Waals surface area contributed by atoms with Gasteiger partial charge in [-0.15, -0.1) is 0 Å². The first-order valence-electron chi connectivity index (χ1n) is 8.57. The van der Waals surface area contributed by atoms with Gasteiger partial charge in [-0.05, 0) is 61.7 Å². The van der Waals surface area contributed by atoms with Crippen molar-refractivity contribution < 1.29 is 14.8 Å². The van der Waals surface area contributed by atoms with Gasteiger partial charge in [-0.25, -0.2) is 10.5 Å². The summed E-state index contributed by atoms with van der Waals surface area (Å²) in [4.78, 5) is 41.3. The topological polar surface area (TPSA) is 113 Å². The van der Waals surface area contributed by atoms with Gasteiger partial charge in [-0.2, -0.15) is 0 Å². The van der Waals surface area contributed by atoms with Crippen LogP contribution in [0.25, 0.3) is 11.0 Å². The van der Waals surface area contributed by atoms with Crippen molar-refractivity contribution in [3.63, 3.8) is 0 Å². The van der Waals surface area contributed by atoms with Crippen LogP contribution in [0.15, 0.2) is 35.1 Å². The summed E-state index contributed by atoms with van der Waals surface area (Å²) in [5.41, 5.74) is 5.18. The number of nitrogens with one attached hydrogen (secondary N) is 2. The van der Waals surface area contributed by atoms with E-state index in [1.54, 1.807) is 25.5 Å². The molecule has 8 nitrogen and oxygen atoms in total. The summed E-state index contributed by atoms with van der Waals surface area (Å²) >= 11 is 0. The first-order valence-corrected chi connectivity index (χ1v) is 8.57. The van der Waals surface area contributed by atoms with Crippen molar-refractivity contribution in [1.29, 1.82) is 0 Å². The summed E-state index contributed by atoms with van der Waals surface area (Å²) in [7, 11) is 1.59. The van der Waals surface area contributed by atoms with E-state index in [1.807, 2.05) is 26.0 Å². The molecule has 0 fully saturated rings. The zero-order valence-electron chi connectivity index (χ0n) is 16.0. The molecule has 3 aromatic rings. The van der Waals surface area contributed by atoms with Gasteiger partial charge in [0.25, 0.3) is 17.4 Å². The van der Waals surface area contributed by atoms with E-state index in [1.165, 1.54) is 16.7 Å². The predicted molar refractivity (Wildman–Crippen MR) is 105 cm³/mol. The molecule has 0 radical (unpaired) electrons. The van der Waals surface area contributed by atoms with Crippen LogP contribution in [0.4, 0.5) is 5.69 Å². The number of amides is 2. The fourth-order valence-electron chi connectivity index (χ4n) is 2.87. The van der Waals surface area contributed by atoms with Crippen LogP contribution >= 0.6 is 0 Å². The molecule has 0 saturated carbocycles. The lowest BCUT2D eigenvalue weighted by molar-refractivity contribution is 0.0706. The van der Waals surface area contributed by atoms with Crippen molar-refractivity contribution in [3.05, 3.63) is 68.6 Å². The molecule has 0 unspecified atom stereocenters. The van der Waals surface area contributed by atoms with Gasteiger partial charge in [0.2, 0.25) is 0 Å². The highest BCUT2D eigenvalue weighted by Crippen LogP contribution is 2.19. The van der Waals surface area contributed by atoms with Crippen LogP contribution < -0.4 is 16.4 Å². The molecule has 2 aromatic carbocycles. The third-order valence-corrected chi connectivity index (χ3v) is 4.76. The summed E-state index contributed by atoms with van der Waals surface area (Å²) in [5.74, 6) is -1.38. The minimum Gasteiger partial charge on any atom is -0.320 e. The Balaban J connectivity index is 2.05. The molecule has 0 bridgehead atoms. The van der Waals surface area contributed by atoms with Gasteiger partial charge in [0.1, 0.15) is 0 Å². The molecule has 0 aliphatic heterocycles. The third-order valence-electron chi connectivity index (χ3n) is 4.76. The number of anilines is 1. The van der Waals surface area contributed by atoms with Gasteiger partial charge in [0.05, 0.1) is 11.0 Å². The first-order chi connectivity index (χ1) is 13.2. The van der Waals surface area contributed by atoms with Gasteiger partial charge in [-0.3, -0.25) is 19.6 Å². The third kappa shape index (κ3) is 3.37. The van der Waals surface area contributed by atoms with Crippen molar-refractivity contribution in [3.8, 4) is 0 Å². The maximum absolute atomic E-state index is 12.7. The number of rotatable bonds is 3. The summed E-state index contributed by atoms with van der Waals surface area (Å²) in [6.45, 7) is 5.62. The second kappa shape index (κ2) is 7.24. The molecule has 3 N–H and O–H groups in total. The van der Waals surface area contributed by atoms with E-state index in [0.29, 0.717) is 22.3 Å². The molecular formula is C20H20N4O4. The lowest BCUT2D eigenvalue weighted by Crippen LogP contribution is -2.30. The molecule has 144 valence electrons. The molecule has 0 saturated heterocycles. The van der Waals surface area contributed by atoms with E-state index >= 15 is 0 Å². The Morgan fingerprint density at radius 3 is 2.36 bits per heavy atom. The van der Waals surface area contributed by atoms with Gasteiger partial charge in [-0.1, -0.05) is 6.07 Å². The number of hydrogen-bond donors (Lipinski definition) is 3. The van der Waals surface area contributed by atoms with E-state index in [4.69, 9.17) is 5.21 Å². The number of benzene rings is 2. The number of fused-ring (bicyclic) bond motifs is 1. The molecule has 28 heavy (non-hydrogen) atoms. The number of nitrogens with zero attached hydrogens (tertiary/aromatic N) is 2.